The van der Waals surface area contributed by atoms with E-state index in [1.807, 2.05) is 0 Å². The Balaban J connectivity index is 1.76. The molecule has 0 bridgehead atoms. The number of nitrogens with one attached hydrogen (secondary N) is 1. The number of hydrogen-bond acceptors (Lipinski definition) is 3. The first-order chi connectivity index (χ1) is 8.29. The molecule has 0 saturated carbocycles. The van der Waals surface area contributed by atoms with Crippen molar-refractivity contribution in [2.75, 3.05) is 13.2 Å². The van der Waals surface area contributed by atoms with Crippen molar-refractivity contribution in [2.24, 2.45) is 5.92 Å². The quantitative estimate of drug-likeness (QED) is 0.855. The van der Waals surface area contributed by atoms with Crippen LogP contribution in [-0.2, 0) is 17.7 Å². The second-order valence-corrected chi connectivity index (χ2v) is 4.84. The second-order valence-electron chi connectivity index (χ2n) is 4.84. The van der Waals surface area contributed by atoms with Crippen LogP contribution in [-0.4, -0.2) is 19.3 Å². The average molecular weight is 237 g/mol. The Bertz CT molecular complexity index is 329. The molecule has 1 aromatic heterocycles. The third-order valence-electron chi connectivity index (χ3n) is 3.64. The molecule has 1 saturated heterocycles. The van der Waals surface area contributed by atoms with E-state index in [0.29, 0.717) is 6.04 Å². The van der Waals surface area contributed by atoms with Gasteiger partial charge < -0.3 is 14.5 Å². The number of furan rings is 1. The summed E-state index contributed by atoms with van der Waals surface area (Å²) in [5.41, 5.74) is 0. The maximum absolute atomic E-state index is 5.68. The average Bonchev–Trinajstić information content (AvgIpc) is 2.85. The maximum Gasteiger partial charge on any atom is 0.117 e. The summed E-state index contributed by atoms with van der Waals surface area (Å²) in [7, 11) is 0. The molecule has 3 heteroatoms. The molecule has 0 aromatic carbocycles. The van der Waals surface area contributed by atoms with Gasteiger partial charge in [-0.2, -0.15) is 0 Å². The van der Waals surface area contributed by atoms with Gasteiger partial charge in [-0.25, -0.2) is 0 Å². The van der Waals surface area contributed by atoms with Crippen LogP contribution in [0.5, 0.6) is 0 Å². The van der Waals surface area contributed by atoms with Gasteiger partial charge in [-0.05, 0) is 37.8 Å². The highest BCUT2D eigenvalue weighted by molar-refractivity contribution is 5.06. The van der Waals surface area contributed by atoms with Crippen LogP contribution in [0.15, 0.2) is 16.5 Å². The molecule has 1 aliphatic rings. The van der Waals surface area contributed by atoms with Gasteiger partial charge >= 0.3 is 0 Å². The van der Waals surface area contributed by atoms with E-state index in [2.05, 4.69) is 31.3 Å². The summed E-state index contributed by atoms with van der Waals surface area (Å²) in [5.74, 6) is 2.85. The Morgan fingerprint density at radius 3 is 2.65 bits per heavy atom. The SMILES string of the molecule is CCc1ccc(CNC(C)C2CCOCC2)o1. The Hall–Kier alpha value is -0.800. The highest BCUT2D eigenvalue weighted by atomic mass is 16.5. The highest BCUT2D eigenvalue weighted by Crippen LogP contribution is 2.19. The van der Waals surface area contributed by atoms with Crippen LogP contribution >= 0.6 is 0 Å². The van der Waals surface area contributed by atoms with E-state index in [4.69, 9.17) is 9.15 Å². The zero-order chi connectivity index (χ0) is 12.1. The third-order valence-corrected chi connectivity index (χ3v) is 3.64. The zero-order valence-electron chi connectivity index (χ0n) is 10.9. The summed E-state index contributed by atoms with van der Waals surface area (Å²) in [4.78, 5) is 0. The van der Waals surface area contributed by atoms with Crippen LogP contribution in [0.1, 0.15) is 38.2 Å². The molecule has 96 valence electrons. The van der Waals surface area contributed by atoms with E-state index in [1.165, 1.54) is 12.8 Å². The number of aryl methyl sites for hydroxylation is 1. The predicted molar refractivity (Wildman–Crippen MR) is 67.9 cm³/mol. The molecule has 1 aromatic rings. The lowest BCUT2D eigenvalue weighted by Gasteiger charge is -2.28. The lowest BCUT2D eigenvalue weighted by Crippen LogP contribution is -2.36. The first-order valence-corrected chi connectivity index (χ1v) is 6.68. The van der Waals surface area contributed by atoms with Crippen LogP contribution in [0.25, 0.3) is 0 Å². The molecule has 2 heterocycles. The third kappa shape index (κ3) is 3.58. The Morgan fingerprint density at radius 2 is 2.00 bits per heavy atom. The molecular weight excluding hydrogens is 214 g/mol. The minimum absolute atomic E-state index is 0.536. The normalized spacial score (nSPS) is 19.4. The van der Waals surface area contributed by atoms with Gasteiger partial charge in [0.05, 0.1) is 6.54 Å². The topological polar surface area (TPSA) is 34.4 Å². The second kappa shape index (κ2) is 6.22. The fourth-order valence-electron chi connectivity index (χ4n) is 2.35. The van der Waals surface area contributed by atoms with Gasteiger partial charge in [0.1, 0.15) is 11.5 Å². The van der Waals surface area contributed by atoms with E-state index in [1.54, 1.807) is 0 Å². The van der Waals surface area contributed by atoms with Gasteiger partial charge in [0.2, 0.25) is 0 Å². The summed E-state index contributed by atoms with van der Waals surface area (Å²) < 4.78 is 11.1. The summed E-state index contributed by atoms with van der Waals surface area (Å²) >= 11 is 0. The van der Waals surface area contributed by atoms with Crippen molar-refractivity contribution in [3.8, 4) is 0 Å². The van der Waals surface area contributed by atoms with Gasteiger partial charge in [-0.3, -0.25) is 0 Å². The van der Waals surface area contributed by atoms with E-state index in [9.17, 15) is 0 Å². The molecule has 2 rings (SSSR count). The fraction of sp³-hybridized carbons (Fsp3) is 0.714. The van der Waals surface area contributed by atoms with Crippen molar-refractivity contribution >= 4 is 0 Å². The molecule has 0 spiro atoms. The first kappa shape index (κ1) is 12.7. The van der Waals surface area contributed by atoms with Gasteiger partial charge in [-0.1, -0.05) is 6.92 Å². The van der Waals surface area contributed by atoms with E-state index in [-0.39, 0.29) is 0 Å². The molecule has 3 nitrogen and oxygen atoms in total. The molecule has 1 atom stereocenters. The first-order valence-electron chi connectivity index (χ1n) is 6.68. The molecule has 1 fully saturated rings. The Labute approximate surface area is 104 Å². The predicted octanol–water partition coefficient (Wildman–Crippen LogP) is 2.75. The molecule has 1 N–H and O–H groups in total. The smallest absolute Gasteiger partial charge is 0.117 e. The standard InChI is InChI=1S/C14H23NO2/c1-3-13-4-5-14(17-13)10-15-11(2)12-6-8-16-9-7-12/h4-5,11-12,15H,3,6-10H2,1-2H3. The summed E-state index contributed by atoms with van der Waals surface area (Å²) in [6.07, 6.45) is 3.31. The summed E-state index contributed by atoms with van der Waals surface area (Å²) in [5, 5.41) is 3.56. The zero-order valence-corrected chi connectivity index (χ0v) is 10.9. The molecule has 1 aliphatic heterocycles. The molecule has 0 aliphatic carbocycles. The van der Waals surface area contributed by atoms with Crippen LogP contribution in [0.4, 0.5) is 0 Å². The fourth-order valence-corrected chi connectivity index (χ4v) is 2.35. The molecule has 1 unspecified atom stereocenters. The molecule has 17 heavy (non-hydrogen) atoms. The minimum atomic E-state index is 0.536. The van der Waals surface area contributed by atoms with Crippen molar-refractivity contribution in [1.29, 1.82) is 0 Å². The molecule has 0 radical (unpaired) electrons. The molecule has 0 amide bonds. The minimum Gasteiger partial charge on any atom is -0.465 e. The Morgan fingerprint density at radius 1 is 1.29 bits per heavy atom. The van der Waals surface area contributed by atoms with Gasteiger partial charge in [0.25, 0.3) is 0 Å². The van der Waals surface area contributed by atoms with Crippen molar-refractivity contribution in [2.45, 2.75) is 45.7 Å². The highest BCUT2D eigenvalue weighted by Gasteiger charge is 2.20. The van der Waals surface area contributed by atoms with Crippen LogP contribution < -0.4 is 5.32 Å². The van der Waals surface area contributed by atoms with Gasteiger partial charge in [0, 0.05) is 25.7 Å². The maximum atomic E-state index is 5.68. The van der Waals surface area contributed by atoms with Gasteiger partial charge in [0.15, 0.2) is 0 Å². The van der Waals surface area contributed by atoms with E-state index in [0.717, 1.165) is 43.6 Å². The lowest BCUT2D eigenvalue weighted by molar-refractivity contribution is 0.0555. The van der Waals surface area contributed by atoms with Gasteiger partial charge in [-0.15, -0.1) is 0 Å². The van der Waals surface area contributed by atoms with Crippen molar-refractivity contribution in [1.82, 2.24) is 5.32 Å². The number of rotatable bonds is 5. The van der Waals surface area contributed by atoms with Crippen molar-refractivity contribution in [3.63, 3.8) is 0 Å². The molecular formula is C14H23NO2. The van der Waals surface area contributed by atoms with Crippen molar-refractivity contribution < 1.29 is 9.15 Å². The van der Waals surface area contributed by atoms with E-state index < -0.39 is 0 Å². The summed E-state index contributed by atoms with van der Waals surface area (Å²) in [6, 6.07) is 4.67. The monoisotopic (exact) mass is 237 g/mol. The van der Waals surface area contributed by atoms with Crippen molar-refractivity contribution in [3.05, 3.63) is 23.7 Å². The van der Waals surface area contributed by atoms with E-state index >= 15 is 0 Å². The lowest BCUT2D eigenvalue weighted by atomic mass is 9.93. The van der Waals surface area contributed by atoms with Crippen LogP contribution in [0.3, 0.4) is 0 Å². The largest absolute Gasteiger partial charge is 0.465 e. The Kier molecular flexibility index (Phi) is 4.63. The van der Waals surface area contributed by atoms with Crippen LogP contribution in [0.2, 0.25) is 0 Å². The number of hydrogen-bond donors (Lipinski definition) is 1. The van der Waals surface area contributed by atoms with Crippen LogP contribution in [0, 0.1) is 5.92 Å². The summed E-state index contributed by atoms with van der Waals surface area (Å²) in [6.45, 7) is 7.04. The number of ether oxygens (including phenoxy) is 1.